The molecule has 0 spiro atoms. The third kappa shape index (κ3) is 2.18. The molecule has 0 aliphatic rings. The molecule has 0 unspecified atom stereocenters. The van der Waals surface area contributed by atoms with Crippen LogP contribution < -0.4 is 0 Å². The minimum Gasteiger partial charge on any atom is -0.195 e. The van der Waals surface area contributed by atoms with Crippen molar-refractivity contribution in [3.05, 3.63) is 0 Å². The zero-order valence-corrected chi connectivity index (χ0v) is 7.26. The molecule has 0 saturated heterocycles. The van der Waals surface area contributed by atoms with Crippen LogP contribution in [0.1, 0.15) is 6.92 Å². The molecule has 10 heavy (non-hydrogen) atoms. The summed E-state index contributed by atoms with van der Waals surface area (Å²) in [6.07, 6.45) is 0. The molecule has 0 aromatic carbocycles. The molecule has 0 saturated carbocycles. The van der Waals surface area contributed by atoms with Crippen LogP contribution in [0, 0.1) is 11.3 Å². The molecular formula is C4H3Cl2NO2S. The summed E-state index contributed by atoms with van der Waals surface area (Å²) in [5.74, 6) is 0. The number of nitriles is 1. The molecule has 0 aromatic heterocycles. The Bertz CT molecular complexity index is 290. The number of alkyl halides is 2. The molecule has 0 aliphatic carbocycles. The van der Waals surface area contributed by atoms with E-state index in [0.717, 1.165) is 0 Å². The van der Waals surface area contributed by atoms with Crippen molar-refractivity contribution in [1.82, 2.24) is 0 Å². The number of hydrogen-bond acceptors (Lipinski definition) is 3. The molecule has 0 aliphatic heterocycles. The number of hydrogen-bond donors (Lipinski definition) is 0. The van der Waals surface area contributed by atoms with Crippen molar-refractivity contribution in [2.45, 2.75) is 11.3 Å². The molecule has 6 heteroatoms. The molecule has 3 nitrogen and oxygen atoms in total. The van der Waals surface area contributed by atoms with Crippen molar-refractivity contribution in [1.29, 1.82) is 5.26 Å². The summed E-state index contributed by atoms with van der Waals surface area (Å²) in [5, 5.41) is 8.21. The van der Waals surface area contributed by atoms with Gasteiger partial charge in [0.1, 0.15) is 6.07 Å². The van der Waals surface area contributed by atoms with E-state index in [0.29, 0.717) is 0 Å². The first-order valence-electron chi connectivity index (χ1n) is 2.14. The van der Waals surface area contributed by atoms with Crippen molar-refractivity contribution in [2.24, 2.45) is 0 Å². The van der Waals surface area contributed by atoms with Crippen LogP contribution in [0.4, 0.5) is 0 Å². The second-order valence-electron chi connectivity index (χ2n) is 1.48. The van der Waals surface area contributed by atoms with Crippen LogP contribution in [0.3, 0.4) is 0 Å². The Hall–Kier alpha value is -0.240. The molecule has 0 radical (unpaired) electrons. The summed E-state index contributed by atoms with van der Waals surface area (Å²) in [7, 11) is -2.50. The largest absolute Gasteiger partial charge is 0.238 e. The second kappa shape index (κ2) is 3.24. The number of nitrogens with zero attached hydrogens (tertiary/aromatic N) is 1. The zero-order chi connectivity index (χ0) is 8.36. The van der Waals surface area contributed by atoms with Crippen LogP contribution >= 0.6 is 23.2 Å². The molecule has 56 valence electrons. The average Bonchev–Trinajstić information content (AvgIpc) is 1.86. The van der Waals surface area contributed by atoms with Crippen LogP contribution in [-0.2, 0) is 10.3 Å². The summed E-state index contributed by atoms with van der Waals surface area (Å²) in [6.45, 7) is 1.17. The normalized spacial score (nSPS) is 10.2. The minimum atomic E-state index is -2.50. The van der Waals surface area contributed by atoms with Gasteiger partial charge < -0.3 is 0 Å². The van der Waals surface area contributed by atoms with Gasteiger partial charge in [-0.2, -0.15) is 13.7 Å². The predicted molar refractivity (Wildman–Crippen MR) is 39.7 cm³/mol. The minimum absolute atomic E-state index is 0.293. The average molecular weight is 200 g/mol. The second-order valence-corrected chi connectivity index (χ2v) is 3.89. The van der Waals surface area contributed by atoms with Crippen LogP contribution in [0.15, 0.2) is 0 Å². The Morgan fingerprint density at radius 3 is 2.10 bits per heavy atom. The van der Waals surface area contributed by atoms with Gasteiger partial charge in [0.15, 0.2) is 0 Å². The van der Waals surface area contributed by atoms with Crippen molar-refractivity contribution in [2.75, 3.05) is 0 Å². The Morgan fingerprint density at radius 2 is 2.00 bits per heavy atom. The lowest BCUT2D eigenvalue weighted by atomic mass is 10.3. The lowest BCUT2D eigenvalue weighted by molar-refractivity contribution is 0.626. The maximum Gasteiger partial charge on any atom is 0.238 e. The summed E-state index contributed by atoms with van der Waals surface area (Å²) < 4.78 is 18.4. The van der Waals surface area contributed by atoms with Gasteiger partial charge in [-0.25, -0.2) is 0 Å². The third-order valence-corrected chi connectivity index (χ3v) is 2.60. The maximum absolute atomic E-state index is 10.1. The van der Waals surface area contributed by atoms with Gasteiger partial charge in [0, 0.05) is 0 Å². The van der Waals surface area contributed by atoms with Gasteiger partial charge in [0.2, 0.25) is 14.6 Å². The van der Waals surface area contributed by atoms with Gasteiger partial charge in [0.05, 0.1) is 4.86 Å². The molecule has 0 amide bonds. The van der Waals surface area contributed by atoms with Gasteiger partial charge in [-0.05, 0) is 6.92 Å². The molecule has 0 atom stereocenters. The van der Waals surface area contributed by atoms with Crippen LogP contribution in [0.5, 0.6) is 0 Å². The Balaban J connectivity index is 5.11. The SMILES string of the molecule is CC(=S(=O)=O)C(Cl)(Cl)C#N. The molecule has 0 N–H and O–H groups in total. The van der Waals surface area contributed by atoms with Gasteiger partial charge in [-0.15, -0.1) is 0 Å². The lowest BCUT2D eigenvalue weighted by Gasteiger charge is -2.04. The van der Waals surface area contributed by atoms with Crippen LogP contribution in [-0.4, -0.2) is 17.6 Å². The Kier molecular flexibility index (Phi) is 3.16. The standard InChI is InChI=1S/C4H3Cl2NO2S/c1-3(10(8)9)4(5,6)2-7/h1H3. The molecule has 0 rings (SSSR count). The van der Waals surface area contributed by atoms with E-state index in [1.807, 2.05) is 0 Å². The Labute approximate surface area is 69.7 Å². The molecular weight excluding hydrogens is 197 g/mol. The van der Waals surface area contributed by atoms with Crippen LogP contribution in [0.25, 0.3) is 0 Å². The van der Waals surface area contributed by atoms with Crippen molar-refractivity contribution < 1.29 is 8.42 Å². The number of rotatable bonds is 1. The highest BCUT2D eigenvalue weighted by molar-refractivity contribution is 7.73. The first-order valence-corrected chi connectivity index (χ1v) is 3.97. The van der Waals surface area contributed by atoms with Crippen LogP contribution in [0.2, 0.25) is 0 Å². The lowest BCUT2D eigenvalue weighted by Crippen LogP contribution is -2.21. The van der Waals surface area contributed by atoms with E-state index in [1.165, 1.54) is 13.0 Å². The summed E-state index contributed by atoms with van der Waals surface area (Å²) in [4.78, 5) is -0.293. The smallest absolute Gasteiger partial charge is 0.195 e. The fraction of sp³-hybridized carbons (Fsp3) is 0.500. The molecule has 0 aromatic rings. The van der Waals surface area contributed by atoms with Gasteiger partial charge in [-0.3, -0.25) is 0 Å². The van der Waals surface area contributed by atoms with Crippen molar-refractivity contribution in [3.63, 3.8) is 0 Å². The summed E-state index contributed by atoms with van der Waals surface area (Å²) in [6, 6.07) is 1.42. The maximum atomic E-state index is 10.1. The van der Waals surface area contributed by atoms with E-state index in [1.54, 1.807) is 0 Å². The van der Waals surface area contributed by atoms with E-state index < -0.39 is 14.6 Å². The highest BCUT2D eigenvalue weighted by atomic mass is 35.5. The fourth-order valence-corrected chi connectivity index (χ4v) is 0.816. The van der Waals surface area contributed by atoms with E-state index >= 15 is 0 Å². The molecule has 0 fully saturated rings. The monoisotopic (exact) mass is 199 g/mol. The molecule has 0 heterocycles. The van der Waals surface area contributed by atoms with E-state index in [-0.39, 0.29) is 4.86 Å². The number of halogens is 2. The van der Waals surface area contributed by atoms with Gasteiger partial charge in [0.25, 0.3) is 0 Å². The van der Waals surface area contributed by atoms with E-state index in [2.05, 4.69) is 0 Å². The predicted octanol–water partition coefficient (Wildman–Crippen LogP) is 0.755. The topological polar surface area (TPSA) is 57.9 Å². The summed E-state index contributed by atoms with van der Waals surface area (Å²) >= 11 is 10.5. The fourth-order valence-electron chi connectivity index (χ4n) is 0.183. The van der Waals surface area contributed by atoms with Gasteiger partial charge >= 0.3 is 0 Å². The first kappa shape index (κ1) is 9.76. The third-order valence-electron chi connectivity index (χ3n) is 0.833. The summed E-state index contributed by atoms with van der Waals surface area (Å²) in [5.41, 5.74) is 0. The zero-order valence-electron chi connectivity index (χ0n) is 4.93. The highest BCUT2D eigenvalue weighted by Gasteiger charge is 2.28. The van der Waals surface area contributed by atoms with E-state index in [4.69, 9.17) is 28.5 Å². The van der Waals surface area contributed by atoms with Gasteiger partial charge in [-0.1, -0.05) is 23.2 Å². The quantitative estimate of drug-likeness (QED) is 0.463. The Morgan fingerprint density at radius 1 is 1.60 bits per heavy atom. The first-order chi connectivity index (χ1) is 4.41. The van der Waals surface area contributed by atoms with Crippen molar-refractivity contribution in [3.8, 4) is 6.07 Å². The molecule has 0 bridgehead atoms. The highest BCUT2D eigenvalue weighted by Crippen LogP contribution is 2.20. The van der Waals surface area contributed by atoms with Crippen molar-refractivity contribution >= 4 is 38.4 Å². The van der Waals surface area contributed by atoms with E-state index in [9.17, 15) is 8.42 Å².